The molecule has 0 saturated carbocycles. The first-order chi connectivity index (χ1) is 14.6. The highest BCUT2D eigenvalue weighted by molar-refractivity contribution is 7.99. The van der Waals surface area contributed by atoms with Gasteiger partial charge in [-0.05, 0) is 38.1 Å². The Hall–Kier alpha value is -3.33. The molecular weight excluding hydrogens is 400 g/mol. The number of rotatable bonds is 8. The number of amides is 1. The molecule has 0 aliphatic carbocycles. The van der Waals surface area contributed by atoms with Gasteiger partial charge in [0.05, 0.1) is 11.4 Å². The minimum atomic E-state index is -0.115. The molecule has 0 bridgehead atoms. The minimum Gasteiger partial charge on any atom is -0.487 e. The number of nitrogens with zero attached hydrogens (tertiary/aromatic N) is 5. The second-order valence-corrected chi connectivity index (χ2v) is 7.91. The van der Waals surface area contributed by atoms with Gasteiger partial charge in [-0.2, -0.15) is 0 Å². The van der Waals surface area contributed by atoms with E-state index in [1.807, 2.05) is 71.6 Å². The zero-order chi connectivity index (χ0) is 20.9. The molecule has 0 saturated heterocycles. The molecular formula is C21H22N6O2S. The number of fused-ring (bicyclic) bond motifs is 1. The number of anilines is 1. The fraction of sp³-hybridized carbons (Fsp3) is 0.238. The van der Waals surface area contributed by atoms with Crippen molar-refractivity contribution in [3.63, 3.8) is 0 Å². The summed E-state index contributed by atoms with van der Waals surface area (Å²) in [6.07, 6.45) is 5.56. The van der Waals surface area contributed by atoms with Crippen molar-refractivity contribution in [2.45, 2.75) is 31.7 Å². The van der Waals surface area contributed by atoms with Gasteiger partial charge in [0.2, 0.25) is 5.91 Å². The van der Waals surface area contributed by atoms with Crippen LogP contribution in [0.4, 0.5) is 5.69 Å². The van der Waals surface area contributed by atoms with Crippen LogP contribution in [0.1, 0.15) is 25.6 Å². The van der Waals surface area contributed by atoms with Crippen LogP contribution in [0.5, 0.6) is 5.75 Å². The van der Waals surface area contributed by atoms with Crippen LogP contribution in [0.25, 0.3) is 5.65 Å². The smallest absolute Gasteiger partial charge is 0.234 e. The van der Waals surface area contributed by atoms with Gasteiger partial charge in [-0.3, -0.25) is 4.79 Å². The summed E-state index contributed by atoms with van der Waals surface area (Å²) in [6.45, 7) is 4.44. The third kappa shape index (κ3) is 4.80. The van der Waals surface area contributed by atoms with Crippen molar-refractivity contribution in [3.05, 3.63) is 66.9 Å². The molecule has 154 valence electrons. The molecule has 4 rings (SSSR count). The van der Waals surface area contributed by atoms with E-state index in [1.165, 1.54) is 11.8 Å². The number of hydrogen-bond acceptors (Lipinski definition) is 6. The van der Waals surface area contributed by atoms with Crippen molar-refractivity contribution in [2.24, 2.45) is 0 Å². The maximum Gasteiger partial charge on any atom is 0.234 e. The molecule has 30 heavy (non-hydrogen) atoms. The van der Waals surface area contributed by atoms with Crippen molar-refractivity contribution in [2.75, 3.05) is 11.1 Å². The summed E-state index contributed by atoms with van der Waals surface area (Å²) in [6, 6.07) is 13.4. The highest BCUT2D eigenvalue weighted by atomic mass is 32.2. The molecule has 0 radical (unpaired) electrons. The topological polar surface area (TPSA) is 86.3 Å². The number of carbonyl (C=O) groups excluding carboxylic acids is 1. The Morgan fingerprint density at radius 1 is 1.23 bits per heavy atom. The lowest BCUT2D eigenvalue weighted by atomic mass is 10.3. The van der Waals surface area contributed by atoms with E-state index in [0.717, 1.165) is 16.5 Å². The molecule has 9 heteroatoms. The molecule has 0 fully saturated rings. The van der Waals surface area contributed by atoms with Crippen LogP contribution in [-0.2, 0) is 11.4 Å². The van der Waals surface area contributed by atoms with E-state index in [2.05, 4.69) is 20.5 Å². The molecule has 0 aliphatic rings. The van der Waals surface area contributed by atoms with Gasteiger partial charge in [0, 0.05) is 30.2 Å². The second-order valence-electron chi connectivity index (χ2n) is 6.97. The predicted octanol–water partition coefficient (Wildman–Crippen LogP) is 3.82. The third-order valence-electron chi connectivity index (χ3n) is 4.35. The largest absolute Gasteiger partial charge is 0.487 e. The Morgan fingerprint density at radius 3 is 2.97 bits per heavy atom. The highest BCUT2D eigenvalue weighted by Crippen LogP contribution is 2.21. The van der Waals surface area contributed by atoms with Crippen molar-refractivity contribution in [3.8, 4) is 5.75 Å². The molecule has 1 aromatic carbocycles. The van der Waals surface area contributed by atoms with Crippen LogP contribution in [0, 0.1) is 0 Å². The Kier molecular flexibility index (Phi) is 5.99. The number of hydrogen-bond donors (Lipinski definition) is 1. The van der Waals surface area contributed by atoms with E-state index in [4.69, 9.17) is 4.74 Å². The van der Waals surface area contributed by atoms with Crippen molar-refractivity contribution >= 4 is 29.0 Å². The van der Waals surface area contributed by atoms with Gasteiger partial charge in [-0.1, -0.05) is 23.9 Å². The van der Waals surface area contributed by atoms with Crippen LogP contribution in [-0.4, -0.2) is 35.8 Å². The van der Waals surface area contributed by atoms with E-state index < -0.39 is 0 Å². The van der Waals surface area contributed by atoms with Crippen LogP contribution in [0.15, 0.2) is 66.3 Å². The first kappa shape index (κ1) is 20.0. The lowest BCUT2D eigenvalue weighted by Crippen LogP contribution is -2.14. The first-order valence-electron chi connectivity index (χ1n) is 9.56. The number of carbonyl (C=O) groups is 1. The van der Waals surface area contributed by atoms with Crippen LogP contribution in [0.3, 0.4) is 0 Å². The van der Waals surface area contributed by atoms with Crippen LogP contribution in [0.2, 0.25) is 0 Å². The van der Waals surface area contributed by atoms with E-state index in [-0.39, 0.29) is 17.7 Å². The summed E-state index contributed by atoms with van der Waals surface area (Å²) < 4.78 is 9.74. The van der Waals surface area contributed by atoms with Crippen LogP contribution < -0.4 is 10.1 Å². The van der Waals surface area contributed by atoms with Gasteiger partial charge in [-0.25, -0.2) is 4.98 Å². The number of aromatic nitrogens is 5. The predicted molar refractivity (Wildman–Crippen MR) is 116 cm³/mol. The number of pyridine rings is 1. The summed E-state index contributed by atoms with van der Waals surface area (Å²) in [5.41, 5.74) is 2.39. The normalized spacial score (nSPS) is 11.2. The summed E-state index contributed by atoms with van der Waals surface area (Å²) in [5, 5.41) is 11.6. The maximum atomic E-state index is 12.3. The van der Waals surface area contributed by atoms with Gasteiger partial charge in [0.15, 0.2) is 5.16 Å². The number of nitrogens with one attached hydrogen (secondary N) is 1. The standard InChI is InChI=1S/C21H22N6O2S/c1-15(2)27-14-22-25-21(27)30-13-20(28)24-16-6-5-7-18(10-16)29-12-17-11-26-9-4-3-8-19(26)23-17/h3-11,14-15H,12-13H2,1-2H3,(H,24,28). The average Bonchev–Trinajstić information content (AvgIpc) is 3.37. The van der Waals surface area contributed by atoms with Gasteiger partial charge in [0.1, 0.15) is 24.3 Å². The van der Waals surface area contributed by atoms with E-state index >= 15 is 0 Å². The lowest BCUT2D eigenvalue weighted by Gasteiger charge is -2.10. The number of benzene rings is 1. The number of imidazole rings is 1. The SMILES string of the molecule is CC(C)n1cnnc1SCC(=O)Nc1cccc(OCc2cn3ccccc3n2)c1. The number of thioether (sulfide) groups is 1. The fourth-order valence-electron chi connectivity index (χ4n) is 2.89. The molecule has 0 spiro atoms. The molecule has 1 N–H and O–H groups in total. The maximum absolute atomic E-state index is 12.3. The quantitative estimate of drug-likeness (QED) is 0.435. The molecule has 0 aliphatic heterocycles. The summed E-state index contributed by atoms with van der Waals surface area (Å²) in [7, 11) is 0. The molecule has 4 aromatic rings. The fourth-order valence-corrected chi connectivity index (χ4v) is 3.74. The number of ether oxygens (including phenoxy) is 1. The molecule has 3 aromatic heterocycles. The van der Waals surface area contributed by atoms with Crippen molar-refractivity contribution in [1.29, 1.82) is 0 Å². The van der Waals surface area contributed by atoms with Gasteiger partial charge < -0.3 is 19.0 Å². The molecule has 1 amide bonds. The monoisotopic (exact) mass is 422 g/mol. The van der Waals surface area contributed by atoms with Crippen LogP contribution >= 0.6 is 11.8 Å². The van der Waals surface area contributed by atoms with E-state index in [9.17, 15) is 4.79 Å². The summed E-state index contributed by atoms with van der Waals surface area (Å²) >= 11 is 1.36. The van der Waals surface area contributed by atoms with Crippen molar-refractivity contribution < 1.29 is 9.53 Å². The van der Waals surface area contributed by atoms with E-state index in [1.54, 1.807) is 12.4 Å². The second kappa shape index (κ2) is 9.00. The van der Waals surface area contributed by atoms with Gasteiger partial charge >= 0.3 is 0 Å². The van der Waals surface area contributed by atoms with Crippen molar-refractivity contribution in [1.82, 2.24) is 24.1 Å². The Balaban J connectivity index is 1.32. The van der Waals surface area contributed by atoms with E-state index in [0.29, 0.717) is 18.0 Å². The van der Waals surface area contributed by atoms with Gasteiger partial charge in [0.25, 0.3) is 0 Å². The Morgan fingerprint density at radius 2 is 2.13 bits per heavy atom. The molecule has 8 nitrogen and oxygen atoms in total. The molecule has 0 atom stereocenters. The first-order valence-corrected chi connectivity index (χ1v) is 10.5. The third-order valence-corrected chi connectivity index (χ3v) is 5.30. The molecule has 0 unspecified atom stereocenters. The zero-order valence-electron chi connectivity index (χ0n) is 16.7. The average molecular weight is 423 g/mol. The summed E-state index contributed by atoms with van der Waals surface area (Å²) in [4.78, 5) is 16.9. The Labute approximate surface area is 178 Å². The lowest BCUT2D eigenvalue weighted by molar-refractivity contribution is -0.113. The highest BCUT2D eigenvalue weighted by Gasteiger charge is 2.11. The zero-order valence-corrected chi connectivity index (χ0v) is 17.5. The molecule has 3 heterocycles. The minimum absolute atomic E-state index is 0.115. The summed E-state index contributed by atoms with van der Waals surface area (Å²) in [5.74, 6) is 0.797. The van der Waals surface area contributed by atoms with Gasteiger partial charge in [-0.15, -0.1) is 10.2 Å². The Bertz CT molecular complexity index is 1120.